The van der Waals surface area contributed by atoms with Gasteiger partial charge in [0.1, 0.15) is 5.75 Å². The molecule has 0 aliphatic heterocycles. The minimum absolute atomic E-state index is 0.0172. The lowest BCUT2D eigenvalue weighted by Crippen LogP contribution is -2.34. The van der Waals surface area contributed by atoms with Gasteiger partial charge in [0.2, 0.25) is 6.10 Å². The molecule has 2 aromatic carbocycles. The van der Waals surface area contributed by atoms with Crippen LogP contribution in [0, 0.1) is 0 Å². The fourth-order valence-electron chi connectivity index (χ4n) is 5.02. The first kappa shape index (κ1) is 40.2. The van der Waals surface area contributed by atoms with Crippen LogP contribution in [-0.2, 0) is 34.7 Å². The second-order valence-electron chi connectivity index (χ2n) is 13.6. The third-order valence-electron chi connectivity index (χ3n) is 9.14. The van der Waals surface area contributed by atoms with Crippen LogP contribution in [0.1, 0.15) is 149 Å². The van der Waals surface area contributed by atoms with E-state index in [-0.39, 0.29) is 23.7 Å². The van der Waals surface area contributed by atoms with Crippen LogP contribution in [0.4, 0.5) is 0 Å². The number of esters is 3. The molecule has 2 atom stereocenters. The first-order chi connectivity index (χ1) is 22.3. The minimum Gasteiger partial charge on any atom is -0.478 e. The summed E-state index contributed by atoms with van der Waals surface area (Å²) in [6.07, 6.45) is 11.4. The molecule has 2 unspecified atom stereocenters. The molecule has 0 N–H and O–H groups in total. The maximum atomic E-state index is 13.4. The second kappa shape index (κ2) is 19.8. The molecule has 7 heteroatoms. The third-order valence-corrected chi connectivity index (χ3v) is 9.67. The van der Waals surface area contributed by atoms with Crippen molar-refractivity contribution in [3.8, 4) is 5.75 Å². The second-order valence-corrected chi connectivity index (χ2v) is 14.5. The van der Waals surface area contributed by atoms with Crippen LogP contribution in [-0.4, -0.2) is 24.0 Å². The van der Waals surface area contributed by atoms with Crippen LogP contribution in [0.15, 0.2) is 59.1 Å². The van der Waals surface area contributed by atoms with Crippen molar-refractivity contribution >= 4 is 33.8 Å². The number of unbranched alkanes of at least 4 members (excludes halogenated alkanes) is 5. The monoisotopic (exact) mass is 712 g/mol. The summed E-state index contributed by atoms with van der Waals surface area (Å²) in [5.41, 5.74) is 2.40. The molecule has 0 amide bonds. The Hall–Kier alpha value is -2.93. The number of halogens is 1. The Bertz CT molecular complexity index is 1310. The van der Waals surface area contributed by atoms with Crippen LogP contribution >= 0.6 is 15.9 Å². The molecule has 0 aromatic heterocycles. The van der Waals surface area contributed by atoms with E-state index in [9.17, 15) is 14.4 Å². The molecule has 2 rings (SSSR count). The molecule has 260 valence electrons. The van der Waals surface area contributed by atoms with Crippen molar-refractivity contribution in [1.29, 1.82) is 0 Å². The van der Waals surface area contributed by atoms with Gasteiger partial charge in [-0.25, -0.2) is 9.59 Å². The highest BCUT2D eigenvalue weighted by atomic mass is 79.9. The van der Waals surface area contributed by atoms with Gasteiger partial charge >= 0.3 is 17.9 Å². The van der Waals surface area contributed by atoms with Crippen molar-refractivity contribution in [1.82, 2.24) is 0 Å². The summed E-state index contributed by atoms with van der Waals surface area (Å²) in [6.45, 7) is 17.0. The molecule has 0 aliphatic carbocycles. The Balaban J connectivity index is 2.17. The van der Waals surface area contributed by atoms with Gasteiger partial charge in [-0.2, -0.15) is 0 Å². The average Bonchev–Trinajstić information content (AvgIpc) is 3.05. The van der Waals surface area contributed by atoms with Crippen LogP contribution in [0.5, 0.6) is 5.75 Å². The van der Waals surface area contributed by atoms with Crippen molar-refractivity contribution in [2.24, 2.45) is 0 Å². The maximum absolute atomic E-state index is 13.4. The van der Waals surface area contributed by atoms with Gasteiger partial charge < -0.3 is 14.2 Å². The molecule has 0 saturated heterocycles. The van der Waals surface area contributed by atoms with Gasteiger partial charge in [-0.3, -0.25) is 4.79 Å². The largest absolute Gasteiger partial charge is 0.478 e. The normalized spacial score (nSPS) is 13.3. The molecule has 0 spiro atoms. The summed E-state index contributed by atoms with van der Waals surface area (Å²) in [4.78, 5) is 39.7. The molecule has 0 aliphatic rings. The van der Waals surface area contributed by atoms with Crippen LogP contribution in [0.3, 0.4) is 0 Å². The number of benzene rings is 2. The first-order valence-electron chi connectivity index (χ1n) is 17.5. The summed E-state index contributed by atoms with van der Waals surface area (Å²) in [7, 11) is 0. The van der Waals surface area contributed by atoms with E-state index in [0.29, 0.717) is 17.7 Å². The number of carbonyl (C=O) groups is 3. The minimum atomic E-state index is -1.38. The topological polar surface area (TPSA) is 78.9 Å². The highest BCUT2D eigenvalue weighted by Crippen LogP contribution is 2.39. The molecular weight excluding hydrogens is 656 g/mol. The molecule has 0 heterocycles. The van der Waals surface area contributed by atoms with E-state index < -0.39 is 30.1 Å². The molecule has 0 saturated carbocycles. The van der Waals surface area contributed by atoms with E-state index in [1.807, 2.05) is 19.1 Å². The smallest absolute Gasteiger partial charge is 0.359 e. The molecule has 47 heavy (non-hydrogen) atoms. The Morgan fingerprint density at radius 3 is 2.02 bits per heavy atom. The number of ether oxygens (including phenoxy) is 3. The fraction of sp³-hybridized carbons (Fsp3) is 0.575. The molecule has 0 bridgehead atoms. The average molecular weight is 714 g/mol. The molecule has 2 aromatic rings. The highest BCUT2D eigenvalue weighted by molar-refractivity contribution is 9.10. The predicted molar refractivity (Wildman–Crippen MR) is 194 cm³/mol. The van der Waals surface area contributed by atoms with Gasteiger partial charge in [-0.05, 0) is 79.5 Å². The predicted octanol–water partition coefficient (Wildman–Crippen LogP) is 11.0. The summed E-state index contributed by atoms with van der Waals surface area (Å²) in [5, 5.41) is 0. The van der Waals surface area contributed by atoms with E-state index >= 15 is 0 Å². The number of hydrogen-bond donors (Lipinski definition) is 0. The van der Waals surface area contributed by atoms with Crippen molar-refractivity contribution in [2.45, 2.75) is 149 Å². The van der Waals surface area contributed by atoms with E-state index in [1.165, 1.54) is 31.2 Å². The van der Waals surface area contributed by atoms with Crippen LogP contribution in [0.2, 0.25) is 0 Å². The van der Waals surface area contributed by atoms with E-state index in [1.54, 1.807) is 24.3 Å². The summed E-state index contributed by atoms with van der Waals surface area (Å²) < 4.78 is 18.1. The summed E-state index contributed by atoms with van der Waals surface area (Å²) in [5.74, 6) is -1.70. The van der Waals surface area contributed by atoms with Gasteiger partial charge in [0, 0.05) is 22.0 Å². The fourth-order valence-corrected chi connectivity index (χ4v) is 5.28. The van der Waals surface area contributed by atoms with Gasteiger partial charge in [0.25, 0.3) is 0 Å². The van der Waals surface area contributed by atoms with Crippen LogP contribution < -0.4 is 4.74 Å². The Morgan fingerprint density at radius 1 is 0.787 bits per heavy atom. The molecular formula is C40H57BrO6. The summed E-state index contributed by atoms with van der Waals surface area (Å²) in [6, 6.07) is 13.0. The Kier molecular flexibility index (Phi) is 16.9. The number of rotatable bonds is 20. The lowest BCUT2D eigenvalue weighted by molar-refractivity contribution is -0.177. The quantitative estimate of drug-likeness (QED) is 0.0588. The van der Waals surface area contributed by atoms with Gasteiger partial charge in [0.15, 0.2) is 6.10 Å². The zero-order valence-electron chi connectivity index (χ0n) is 30.0. The first-order valence-corrected chi connectivity index (χ1v) is 18.3. The van der Waals surface area contributed by atoms with Crippen molar-refractivity contribution in [3.05, 3.63) is 75.8 Å². The molecule has 6 nitrogen and oxygen atoms in total. The lowest BCUT2D eigenvalue weighted by Gasteiger charge is -2.31. The molecule has 0 radical (unpaired) electrons. The van der Waals surface area contributed by atoms with Gasteiger partial charge in [-0.15, -0.1) is 0 Å². The van der Waals surface area contributed by atoms with E-state index in [0.717, 1.165) is 35.7 Å². The molecule has 0 fully saturated rings. The van der Waals surface area contributed by atoms with E-state index in [4.69, 9.17) is 14.2 Å². The lowest BCUT2D eigenvalue weighted by atomic mass is 9.76. The Labute approximate surface area is 292 Å². The standard InChI is InChI=1S/C40H57BrO6/c1-9-13-14-15-16-17-18-19-20-21-35(42)46-36(29-22-25-31(41)26-23-29)38(44)47-37(43)33(10-2)45-34-27-24-30(39(5,6)11-3)28-32(34)40(7,8)12-4/h17-18,22-28,33,36H,9-16,19-21H2,1-8H3/b18-17-. The van der Waals surface area contributed by atoms with Crippen LogP contribution in [0.25, 0.3) is 0 Å². The number of carbonyl (C=O) groups excluding carboxylic acids is 3. The van der Waals surface area contributed by atoms with Crippen molar-refractivity contribution in [3.63, 3.8) is 0 Å². The van der Waals surface area contributed by atoms with Crippen molar-refractivity contribution in [2.75, 3.05) is 0 Å². The zero-order chi connectivity index (χ0) is 35.0. The highest BCUT2D eigenvalue weighted by Gasteiger charge is 2.33. The maximum Gasteiger partial charge on any atom is 0.359 e. The van der Waals surface area contributed by atoms with Gasteiger partial charge in [0.05, 0.1) is 0 Å². The third kappa shape index (κ3) is 12.9. The van der Waals surface area contributed by atoms with Crippen molar-refractivity contribution < 1.29 is 28.6 Å². The number of allylic oxidation sites excluding steroid dienone is 2. The summed E-state index contributed by atoms with van der Waals surface area (Å²) >= 11 is 3.40. The number of hydrogen-bond acceptors (Lipinski definition) is 6. The van der Waals surface area contributed by atoms with Gasteiger partial charge in [-0.1, -0.05) is 127 Å². The Morgan fingerprint density at radius 2 is 1.43 bits per heavy atom. The zero-order valence-corrected chi connectivity index (χ0v) is 31.5. The van der Waals surface area contributed by atoms with E-state index in [2.05, 4.69) is 82.6 Å². The SMILES string of the molecule is CCCCCC/C=C\CCCC(=O)OC(C(=O)OC(=O)C(CC)Oc1ccc(C(C)(C)CC)cc1C(C)(C)CC)c1ccc(Br)cc1.